The molecule has 0 radical (unpaired) electrons. The fraction of sp³-hybridized carbons (Fsp3) is 0.571. The molecular weight excluding hydrogens is 162 g/mol. The Morgan fingerprint density at radius 2 is 2.50 bits per heavy atom. The Morgan fingerprint density at radius 1 is 1.70 bits per heavy atom. The second-order valence-corrected chi connectivity index (χ2v) is 3.74. The summed E-state index contributed by atoms with van der Waals surface area (Å²) in [5.74, 6) is 0.974. The second kappa shape index (κ2) is 3.98. The zero-order valence-electron chi connectivity index (χ0n) is 6.08. The van der Waals surface area contributed by atoms with Crippen molar-refractivity contribution in [1.29, 1.82) is 0 Å². The predicted octanol–water partition coefficient (Wildman–Crippen LogP) is 1.66. The van der Waals surface area contributed by atoms with Crippen molar-refractivity contribution in [3.63, 3.8) is 0 Å². The van der Waals surface area contributed by atoms with Crippen molar-refractivity contribution in [2.45, 2.75) is 19.9 Å². The highest BCUT2D eigenvalue weighted by Crippen LogP contribution is 1.99. The van der Waals surface area contributed by atoms with Crippen LogP contribution in [0.1, 0.15) is 11.4 Å². The van der Waals surface area contributed by atoms with Gasteiger partial charge >= 0.3 is 0 Å². The van der Waals surface area contributed by atoms with Crippen LogP contribution in [0.25, 0.3) is 0 Å². The highest BCUT2D eigenvalue weighted by Gasteiger charge is 2.04. The average molecular weight is 174 g/mol. The highest BCUT2D eigenvalue weighted by atomic mass is 32.1. The SMILES string of the molecule is Cc1scc[n+]1CCCS. The van der Waals surface area contributed by atoms with Crippen LogP contribution in [0.5, 0.6) is 0 Å². The Morgan fingerprint density at radius 3 is 3.00 bits per heavy atom. The lowest BCUT2D eigenvalue weighted by atomic mass is 10.5. The van der Waals surface area contributed by atoms with Gasteiger partial charge in [0.25, 0.3) is 0 Å². The number of nitrogens with zero attached hydrogens (tertiary/aromatic N) is 1. The minimum Gasteiger partial charge on any atom is -0.193 e. The van der Waals surface area contributed by atoms with E-state index in [2.05, 4.69) is 35.7 Å². The summed E-state index contributed by atoms with van der Waals surface area (Å²) in [7, 11) is 0. The lowest BCUT2D eigenvalue weighted by Gasteiger charge is -1.90. The maximum absolute atomic E-state index is 4.16. The fourth-order valence-electron chi connectivity index (χ4n) is 0.848. The van der Waals surface area contributed by atoms with E-state index in [-0.39, 0.29) is 0 Å². The Bertz CT molecular complexity index is 195. The molecule has 0 fully saturated rings. The van der Waals surface area contributed by atoms with Crippen molar-refractivity contribution in [3.05, 3.63) is 16.6 Å². The molecule has 0 aliphatic heterocycles. The van der Waals surface area contributed by atoms with E-state index in [0.29, 0.717) is 0 Å². The smallest absolute Gasteiger partial charge is 0.193 e. The Labute approximate surface area is 71.1 Å². The van der Waals surface area contributed by atoms with Crippen molar-refractivity contribution >= 4 is 24.0 Å². The first-order valence-corrected chi connectivity index (χ1v) is 4.90. The molecule has 0 saturated carbocycles. The zero-order chi connectivity index (χ0) is 7.40. The van der Waals surface area contributed by atoms with Crippen molar-refractivity contribution in [2.75, 3.05) is 5.75 Å². The number of hydrogen-bond donors (Lipinski definition) is 1. The van der Waals surface area contributed by atoms with Gasteiger partial charge in [-0.2, -0.15) is 17.2 Å². The van der Waals surface area contributed by atoms with Crippen LogP contribution >= 0.6 is 24.0 Å². The first-order valence-electron chi connectivity index (χ1n) is 3.39. The predicted molar refractivity (Wildman–Crippen MR) is 47.7 cm³/mol. The second-order valence-electron chi connectivity index (χ2n) is 2.19. The van der Waals surface area contributed by atoms with E-state index in [1.165, 1.54) is 5.01 Å². The Balaban J connectivity index is 2.49. The van der Waals surface area contributed by atoms with Crippen LogP contribution in [0.4, 0.5) is 0 Å². The molecule has 1 aromatic rings. The normalized spacial score (nSPS) is 10.2. The van der Waals surface area contributed by atoms with E-state index in [1.807, 2.05) is 0 Å². The molecule has 0 N–H and O–H groups in total. The summed E-state index contributed by atoms with van der Waals surface area (Å²) in [5, 5.41) is 3.50. The lowest BCUT2D eigenvalue weighted by Crippen LogP contribution is -2.33. The summed E-state index contributed by atoms with van der Waals surface area (Å²) in [6.45, 7) is 3.25. The molecule has 1 rings (SSSR count). The summed E-state index contributed by atoms with van der Waals surface area (Å²) < 4.78 is 2.26. The number of rotatable bonds is 3. The molecule has 10 heavy (non-hydrogen) atoms. The molecule has 1 heterocycles. The van der Waals surface area contributed by atoms with Gasteiger partial charge < -0.3 is 0 Å². The third kappa shape index (κ3) is 1.99. The number of thiol groups is 1. The monoisotopic (exact) mass is 174 g/mol. The summed E-state index contributed by atoms with van der Waals surface area (Å²) in [4.78, 5) is 0. The van der Waals surface area contributed by atoms with Gasteiger partial charge in [-0.25, -0.2) is 0 Å². The molecule has 0 aliphatic carbocycles. The Kier molecular flexibility index (Phi) is 3.22. The maximum Gasteiger partial charge on any atom is 0.234 e. The quantitative estimate of drug-likeness (QED) is 0.525. The number of thiazole rings is 1. The van der Waals surface area contributed by atoms with Crippen LogP contribution in [-0.2, 0) is 6.54 Å². The van der Waals surface area contributed by atoms with Gasteiger partial charge in [0.15, 0.2) is 6.20 Å². The molecule has 0 unspecified atom stereocenters. The largest absolute Gasteiger partial charge is 0.234 e. The van der Waals surface area contributed by atoms with E-state index in [0.717, 1.165) is 18.7 Å². The van der Waals surface area contributed by atoms with Gasteiger partial charge in [0.05, 0.1) is 5.38 Å². The minimum absolute atomic E-state index is 0.974. The summed E-state index contributed by atoms with van der Waals surface area (Å²) in [6.07, 6.45) is 3.29. The van der Waals surface area contributed by atoms with E-state index in [4.69, 9.17) is 0 Å². The molecule has 0 bridgehead atoms. The molecular formula is C7H12NS2+. The third-order valence-electron chi connectivity index (χ3n) is 1.44. The van der Waals surface area contributed by atoms with Gasteiger partial charge in [-0.15, -0.1) is 0 Å². The third-order valence-corrected chi connectivity index (χ3v) is 2.59. The molecule has 0 spiro atoms. The Hall–Kier alpha value is -0.0200. The zero-order valence-corrected chi connectivity index (χ0v) is 7.79. The summed E-state index contributed by atoms with van der Waals surface area (Å²) >= 11 is 5.95. The van der Waals surface area contributed by atoms with Crippen molar-refractivity contribution < 1.29 is 4.57 Å². The van der Waals surface area contributed by atoms with Crippen LogP contribution in [0.15, 0.2) is 11.6 Å². The van der Waals surface area contributed by atoms with Crippen LogP contribution in [0.2, 0.25) is 0 Å². The number of aromatic nitrogens is 1. The van der Waals surface area contributed by atoms with Crippen molar-refractivity contribution in [3.8, 4) is 0 Å². The van der Waals surface area contributed by atoms with Crippen LogP contribution in [-0.4, -0.2) is 5.75 Å². The van der Waals surface area contributed by atoms with E-state index in [1.54, 1.807) is 11.3 Å². The molecule has 0 atom stereocenters. The van der Waals surface area contributed by atoms with E-state index >= 15 is 0 Å². The summed E-state index contributed by atoms with van der Waals surface area (Å²) in [6, 6.07) is 0. The van der Waals surface area contributed by atoms with Crippen molar-refractivity contribution in [1.82, 2.24) is 0 Å². The van der Waals surface area contributed by atoms with Gasteiger partial charge in [-0.1, -0.05) is 11.3 Å². The number of hydrogen-bond acceptors (Lipinski definition) is 2. The van der Waals surface area contributed by atoms with Crippen molar-refractivity contribution in [2.24, 2.45) is 0 Å². The van der Waals surface area contributed by atoms with E-state index < -0.39 is 0 Å². The molecule has 0 saturated heterocycles. The highest BCUT2D eigenvalue weighted by molar-refractivity contribution is 7.80. The lowest BCUT2D eigenvalue weighted by molar-refractivity contribution is -0.697. The standard InChI is InChI=1S/C7H11NS2/c1-7-8(3-2-5-9)4-6-10-7/h4,6H,2-3,5H2,1H3/p+1. The first-order chi connectivity index (χ1) is 4.84. The van der Waals surface area contributed by atoms with Crippen LogP contribution in [0, 0.1) is 6.92 Å². The molecule has 0 aromatic carbocycles. The number of aryl methyl sites for hydroxylation is 2. The van der Waals surface area contributed by atoms with E-state index in [9.17, 15) is 0 Å². The maximum atomic E-state index is 4.16. The van der Waals surface area contributed by atoms with Crippen LogP contribution < -0.4 is 4.57 Å². The molecule has 56 valence electrons. The fourth-order valence-corrected chi connectivity index (χ4v) is 1.68. The van der Waals surface area contributed by atoms with Gasteiger partial charge in [0.1, 0.15) is 6.54 Å². The van der Waals surface area contributed by atoms with Gasteiger partial charge in [-0.05, 0) is 5.75 Å². The molecule has 0 aliphatic rings. The molecule has 1 nitrogen and oxygen atoms in total. The molecule has 0 amide bonds. The molecule has 3 heteroatoms. The molecule has 1 aromatic heterocycles. The topological polar surface area (TPSA) is 3.88 Å². The van der Waals surface area contributed by atoms with Crippen LogP contribution in [0.3, 0.4) is 0 Å². The minimum atomic E-state index is 0.974. The summed E-state index contributed by atoms with van der Waals surface area (Å²) in [5.41, 5.74) is 0. The van der Waals surface area contributed by atoms with Gasteiger partial charge in [-0.3, -0.25) is 0 Å². The average Bonchev–Trinajstić information content (AvgIpc) is 2.31. The first kappa shape index (κ1) is 8.08. The van der Waals surface area contributed by atoms with Gasteiger partial charge in [0, 0.05) is 13.3 Å². The van der Waals surface area contributed by atoms with Gasteiger partial charge in [0.2, 0.25) is 5.01 Å².